The van der Waals surface area contributed by atoms with Crippen LogP contribution in [0.1, 0.15) is 23.2 Å². The molecule has 0 spiro atoms. The number of rotatable bonds is 3. The predicted molar refractivity (Wildman–Crippen MR) is 100 cm³/mol. The Morgan fingerprint density at radius 2 is 2.00 bits per heavy atom. The molecule has 0 radical (unpaired) electrons. The Kier molecular flexibility index (Phi) is 3.98. The van der Waals surface area contributed by atoms with Crippen LogP contribution in [0.5, 0.6) is 0 Å². The highest BCUT2D eigenvalue weighted by atomic mass is 16.5. The number of hydrogen-bond donors (Lipinski definition) is 1. The van der Waals surface area contributed by atoms with E-state index in [1.807, 2.05) is 54.3 Å². The Morgan fingerprint density at radius 3 is 2.74 bits per heavy atom. The first kappa shape index (κ1) is 16.5. The van der Waals surface area contributed by atoms with Crippen molar-refractivity contribution in [2.24, 2.45) is 7.05 Å². The first-order valence-electron chi connectivity index (χ1n) is 9.32. The summed E-state index contributed by atoms with van der Waals surface area (Å²) < 4.78 is 15.2. The van der Waals surface area contributed by atoms with Gasteiger partial charge in [0.25, 0.3) is 0 Å². The fraction of sp³-hybridized carbons (Fsp3) is 0.400. The number of nitrogens with one attached hydrogen (secondary N) is 1. The molecule has 0 unspecified atom stereocenters. The first-order valence-corrected chi connectivity index (χ1v) is 9.32. The monoisotopic (exact) mass is 366 g/mol. The van der Waals surface area contributed by atoms with Crippen LogP contribution in [0.2, 0.25) is 0 Å². The molecule has 7 heteroatoms. The summed E-state index contributed by atoms with van der Waals surface area (Å²) in [6, 6.07) is 10.3. The van der Waals surface area contributed by atoms with Gasteiger partial charge in [-0.3, -0.25) is 9.25 Å². The van der Waals surface area contributed by atoms with Gasteiger partial charge in [0.1, 0.15) is 6.10 Å². The average molecular weight is 366 g/mol. The molecule has 7 nitrogen and oxygen atoms in total. The van der Waals surface area contributed by atoms with E-state index in [9.17, 15) is 4.79 Å². The Balaban J connectivity index is 1.45. The van der Waals surface area contributed by atoms with Gasteiger partial charge in [-0.15, -0.1) is 0 Å². The lowest BCUT2D eigenvalue weighted by molar-refractivity contribution is -0.0339. The number of esters is 1. The fourth-order valence-corrected chi connectivity index (χ4v) is 4.16. The molecule has 140 valence electrons. The summed E-state index contributed by atoms with van der Waals surface area (Å²) in [5.74, 6) is 0.507. The predicted octanol–water partition coefficient (Wildman–Crippen LogP) is 2.04. The molecule has 0 amide bonds. The third-order valence-corrected chi connectivity index (χ3v) is 5.36. The van der Waals surface area contributed by atoms with Crippen LogP contribution in [0, 0.1) is 0 Å². The van der Waals surface area contributed by atoms with Crippen molar-refractivity contribution in [1.29, 1.82) is 0 Å². The Labute approximate surface area is 156 Å². The second-order valence-corrected chi connectivity index (χ2v) is 7.37. The zero-order valence-electron chi connectivity index (χ0n) is 15.2. The summed E-state index contributed by atoms with van der Waals surface area (Å²) in [5, 5.41) is 8.87. The zero-order valence-corrected chi connectivity index (χ0v) is 15.2. The van der Waals surface area contributed by atoms with Crippen molar-refractivity contribution in [2.75, 3.05) is 13.2 Å². The Morgan fingerprint density at radius 1 is 1.22 bits per heavy atom. The van der Waals surface area contributed by atoms with Gasteiger partial charge >= 0.3 is 5.97 Å². The topological polar surface area (TPSA) is 70.3 Å². The van der Waals surface area contributed by atoms with Crippen molar-refractivity contribution in [1.82, 2.24) is 19.7 Å². The number of ether oxygens (including phenoxy) is 2. The Bertz CT molecular complexity index is 980. The summed E-state index contributed by atoms with van der Waals surface area (Å²) in [5.41, 5.74) is 1.52. The van der Waals surface area contributed by atoms with Gasteiger partial charge in [-0.2, -0.15) is 5.10 Å². The van der Waals surface area contributed by atoms with Crippen LogP contribution in [0.4, 0.5) is 0 Å². The smallest absolute Gasteiger partial charge is 0.340 e. The molecule has 1 N–H and O–H groups in total. The molecule has 2 saturated heterocycles. The number of nitrogens with zero attached hydrogens (tertiary/aromatic N) is 3. The molecular formula is C20H22N4O3. The van der Waals surface area contributed by atoms with Crippen LogP contribution in [-0.4, -0.2) is 51.7 Å². The zero-order chi connectivity index (χ0) is 18.4. The maximum absolute atomic E-state index is 13.0. The fourth-order valence-electron chi connectivity index (χ4n) is 4.16. The van der Waals surface area contributed by atoms with Gasteiger partial charge in [-0.25, -0.2) is 4.79 Å². The van der Waals surface area contributed by atoms with Gasteiger partial charge in [0.2, 0.25) is 0 Å². The largest absolute Gasteiger partial charge is 0.459 e. The minimum atomic E-state index is -0.272. The minimum Gasteiger partial charge on any atom is -0.459 e. The highest BCUT2D eigenvalue weighted by Gasteiger charge is 2.34. The maximum Gasteiger partial charge on any atom is 0.340 e. The van der Waals surface area contributed by atoms with Gasteiger partial charge in [-0.1, -0.05) is 18.2 Å². The second-order valence-electron chi connectivity index (χ2n) is 7.37. The minimum absolute atomic E-state index is 0.0744. The number of aromatic nitrogens is 3. The molecule has 2 fully saturated rings. The lowest BCUT2D eigenvalue weighted by Crippen LogP contribution is -2.56. The van der Waals surface area contributed by atoms with Crippen LogP contribution in [-0.2, 0) is 16.5 Å². The summed E-state index contributed by atoms with van der Waals surface area (Å²) in [6.45, 7) is 1.37. The van der Waals surface area contributed by atoms with E-state index in [0.29, 0.717) is 18.8 Å². The molecule has 27 heavy (non-hydrogen) atoms. The van der Waals surface area contributed by atoms with E-state index in [1.165, 1.54) is 0 Å². The van der Waals surface area contributed by atoms with Crippen molar-refractivity contribution >= 4 is 16.9 Å². The normalized spacial score (nSPS) is 24.9. The number of carbonyl (C=O) groups is 1. The highest BCUT2D eigenvalue weighted by Crippen LogP contribution is 2.27. The molecule has 1 aromatic carbocycles. The maximum atomic E-state index is 13.0. The van der Waals surface area contributed by atoms with Crippen molar-refractivity contribution in [3.05, 3.63) is 48.3 Å². The number of hydrogen-bond acceptors (Lipinski definition) is 5. The molecule has 2 bridgehead atoms. The van der Waals surface area contributed by atoms with Gasteiger partial charge in [0, 0.05) is 55.8 Å². The van der Waals surface area contributed by atoms with Crippen molar-refractivity contribution in [3.63, 3.8) is 0 Å². The third-order valence-electron chi connectivity index (χ3n) is 5.36. The van der Waals surface area contributed by atoms with Crippen LogP contribution in [0.3, 0.4) is 0 Å². The van der Waals surface area contributed by atoms with Gasteiger partial charge in [0.15, 0.2) is 5.82 Å². The van der Waals surface area contributed by atoms with Gasteiger partial charge in [0.05, 0.1) is 24.3 Å². The van der Waals surface area contributed by atoms with E-state index in [2.05, 4.69) is 10.4 Å². The lowest BCUT2D eigenvalue weighted by atomic mass is 9.94. The number of fused-ring (bicyclic) bond motifs is 3. The lowest BCUT2D eigenvalue weighted by Gasteiger charge is -2.39. The molecule has 3 atom stereocenters. The van der Waals surface area contributed by atoms with Crippen molar-refractivity contribution < 1.29 is 14.3 Å². The number of morpholine rings is 1. The molecule has 0 aliphatic carbocycles. The molecule has 2 aliphatic rings. The van der Waals surface area contributed by atoms with E-state index in [4.69, 9.17) is 9.47 Å². The number of aryl methyl sites for hydroxylation is 1. The van der Waals surface area contributed by atoms with E-state index in [0.717, 1.165) is 29.6 Å². The molecule has 2 aromatic heterocycles. The van der Waals surface area contributed by atoms with Gasteiger partial charge < -0.3 is 14.8 Å². The van der Waals surface area contributed by atoms with Crippen molar-refractivity contribution in [3.8, 4) is 5.82 Å². The second kappa shape index (κ2) is 6.51. The highest BCUT2D eigenvalue weighted by molar-refractivity contribution is 6.04. The van der Waals surface area contributed by atoms with Crippen LogP contribution >= 0.6 is 0 Å². The van der Waals surface area contributed by atoms with Gasteiger partial charge in [-0.05, 0) is 6.07 Å². The summed E-state index contributed by atoms with van der Waals surface area (Å²) in [4.78, 5) is 13.0. The summed E-state index contributed by atoms with van der Waals surface area (Å²) in [7, 11) is 1.88. The first-order chi connectivity index (χ1) is 13.2. The van der Waals surface area contributed by atoms with E-state index < -0.39 is 0 Å². The van der Waals surface area contributed by atoms with Crippen LogP contribution in [0.25, 0.3) is 16.7 Å². The molecule has 0 saturated carbocycles. The molecule has 2 aliphatic heterocycles. The Hall–Kier alpha value is -2.64. The number of carbonyl (C=O) groups excluding carboxylic acids is 1. The van der Waals surface area contributed by atoms with Crippen LogP contribution < -0.4 is 5.32 Å². The van der Waals surface area contributed by atoms with Crippen LogP contribution in [0.15, 0.2) is 42.7 Å². The summed E-state index contributed by atoms with van der Waals surface area (Å²) >= 11 is 0. The molecule has 4 heterocycles. The average Bonchev–Trinajstić information content (AvgIpc) is 3.25. The standard InChI is InChI=1S/C20H22N4O3/c1-23-7-6-19(22-23)24-10-17(16-4-2-3-5-18(16)24)20(25)27-15-8-13-11-26-12-14(9-15)21-13/h2-7,10,13-15,21H,8-9,11-12H2,1H3/t13-,14+,15-. The number of para-hydroxylation sites is 1. The number of piperidine rings is 1. The van der Waals surface area contributed by atoms with Crippen molar-refractivity contribution in [2.45, 2.75) is 31.0 Å². The molecular weight excluding hydrogens is 344 g/mol. The molecule has 5 rings (SSSR count). The quantitative estimate of drug-likeness (QED) is 0.719. The van der Waals surface area contributed by atoms with E-state index >= 15 is 0 Å². The van der Waals surface area contributed by atoms with E-state index in [-0.39, 0.29) is 24.2 Å². The SMILES string of the molecule is Cn1ccc(-n2cc(C(=O)O[C@H]3C[C@H]4COC[C@@H](C3)N4)c3ccccc32)n1. The van der Waals surface area contributed by atoms with E-state index in [1.54, 1.807) is 4.68 Å². The summed E-state index contributed by atoms with van der Waals surface area (Å²) in [6.07, 6.45) is 5.23. The number of benzene rings is 1. The molecule has 3 aromatic rings. The third kappa shape index (κ3) is 3.02.